The molecule has 1 aromatic rings. The van der Waals surface area contributed by atoms with Crippen LogP contribution in [0.5, 0.6) is 0 Å². The Hall–Kier alpha value is -2.73. The molecule has 0 spiro atoms. The number of urea groups is 2. The third kappa shape index (κ3) is 4.08. The van der Waals surface area contributed by atoms with E-state index in [1.807, 2.05) is 25.2 Å². The summed E-state index contributed by atoms with van der Waals surface area (Å²) in [5, 5.41) is 3.28. The number of hydrogen-bond acceptors (Lipinski definition) is 2. The molecule has 2 aliphatic rings. The molecule has 7 heteroatoms. The van der Waals surface area contributed by atoms with Gasteiger partial charge in [-0.2, -0.15) is 9.98 Å². The molecule has 0 bridgehead atoms. The number of amides is 4. The van der Waals surface area contributed by atoms with Crippen molar-refractivity contribution in [1.82, 2.24) is 4.90 Å². The Kier molecular flexibility index (Phi) is 5.63. The van der Waals surface area contributed by atoms with Crippen molar-refractivity contribution in [3.8, 4) is 0 Å². The number of nitrogens with zero attached hydrogens (tertiary/aromatic N) is 3. The average molecular weight is 371 g/mol. The van der Waals surface area contributed by atoms with Crippen LogP contribution in [0.2, 0.25) is 5.02 Å². The van der Waals surface area contributed by atoms with E-state index < -0.39 is 6.03 Å². The van der Waals surface area contributed by atoms with Crippen molar-refractivity contribution in [3.63, 3.8) is 0 Å². The van der Waals surface area contributed by atoms with Gasteiger partial charge in [0.05, 0.1) is 11.6 Å². The van der Waals surface area contributed by atoms with E-state index in [4.69, 9.17) is 11.6 Å². The van der Waals surface area contributed by atoms with E-state index >= 15 is 0 Å². The molecule has 3 rings (SSSR count). The SMILES string of the molecule is CCCCN1C(=O)N=C2C=CC=CC2/C1=N/C(=O)Nc1ccc(Cl)cc1. The Morgan fingerprint density at radius 2 is 2.08 bits per heavy atom. The van der Waals surface area contributed by atoms with Crippen LogP contribution in [0.4, 0.5) is 15.3 Å². The lowest BCUT2D eigenvalue weighted by atomic mass is 9.94. The van der Waals surface area contributed by atoms with Gasteiger partial charge in [-0.25, -0.2) is 9.59 Å². The van der Waals surface area contributed by atoms with E-state index in [1.54, 1.807) is 30.3 Å². The van der Waals surface area contributed by atoms with E-state index in [9.17, 15) is 9.59 Å². The van der Waals surface area contributed by atoms with Crippen molar-refractivity contribution in [3.05, 3.63) is 53.6 Å². The highest BCUT2D eigenvalue weighted by Crippen LogP contribution is 2.22. The number of benzene rings is 1. The molecule has 134 valence electrons. The lowest BCUT2D eigenvalue weighted by molar-refractivity contribution is 0.227. The molecule has 1 aliphatic carbocycles. The zero-order valence-corrected chi connectivity index (χ0v) is 15.1. The van der Waals surface area contributed by atoms with Gasteiger partial charge in [0.25, 0.3) is 0 Å². The first-order valence-corrected chi connectivity index (χ1v) is 8.86. The molecule has 1 N–H and O–H groups in total. The molecule has 0 saturated heterocycles. The van der Waals surface area contributed by atoms with Gasteiger partial charge in [-0.3, -0.25) is 4.90 Å². The zero-order chi connectivity index (χ0) is 18.5. The van der Waals surface area contributed by atoms with E-state index in [1.165, 1.54) is 4.90 Å². The van der Waals surface area contributed by atoms with Crippen molar-refractivity contribution in [2.24, 2.45) is 15.9 Å². The van der Waals surface area contributed by atoms with Gasteiger partial charge in [0.2, 0.25) is 0 Å². The number of rotatable bonds is 4. The van der Waals surface area contributed by atoms with Gasteiger partial charge in [0, 0.05) is 17.3 Å². The topological polar surface area (TPSA) is 74.1 Å². The molecule has 1 aliphatic heterocycles. The second-order valence-electron chi connectivity index (χ2n) is 5.95. The van der Waals surface area contributed by atoms with Crippen LogP contribution in [0.25, 0.3) is 0 Å². The molecule has 0 aromatic heterocycles. The summed E-state index contributed by atoms with van der Waals surface area (Å²) in [5.74, 6) is 0.103. The van der Waals surface area contributed by atoms with Crippen LogP contribution in [0.3, 0.4) is 0 Å². The quantitative estimate of drug-likeness (QED) is 0.834. The minimum absolute atomic E-state index is 0.300. The smallest absolute Gasteiger partial charge is 0.306 e. The highest BCUT2D eigenvalue weighted by atomic mass is 35.5. The molecule has 1 unspecified atom stereocenters. The summed E-state index contributed by atoms with van der Waals surface area (Å²) >= 11 is 5.85. The Morgan fingerprint density at radius 1 is 1.31 bits per heavy atom. The van der Waals surface area contributed by atoms with E-state index in [2.05, 4.69) is 15.3 Å². The minimum atomic E-state index is -0.541. The number of hydrogen-bond donors (Lipinski definition) is 1. The monoisotopic (exact) mass is 370 g/mol. The first kappa shape index (κ1) is 18.1. The van der Waals surface area contributed by atoms with Crippen molar-refractivity contribution in [2.45, 2.75) is 19.8 Å². The lowest BCUT2D eigenvalue weighted by Gasteiger charge is -2.31. The third-order valence-corrected chi connectivity index (χ3v) is 4.31. The summed E-state index contributed by atoms with van der Waals surface area (Å²) in [5.41, 5.74) is 1.18. The maximum Gasteiger partial charge on any atom is 0.349 e. The van der Waals surface area contributed by atoms with Crippen LogP contribution in [-0.2, 0) is 0 Å². The Balaban J connectivity index is 1.87. The molecule has 0 saturated carbocycles. The van der Waals surface area contributed by atoms with E-state index in [-0.39, 0.29) is 11.9 Å². The second kappa shape index (κ2) is 8.10. The van der Waals surface area contributed by atoms with Gasteiger partial charge in [-0.15, -0.1) is 0 Å². The number of fused-ring (bicyclic) bond motifs is 1. The van der Waals surface area contributed by atoms with Crippen LogP contribution >= 0.6 is 11.6 Å². The maximum atomic E-state index is 12.4. The van der Waals surface area contributed by atoms with Crippen LogP contribution in [0, 0.1) is 5.92 Å². The number of amidine groups is 1. The summed E-state index contributed by atoms with van der Waals surface area (Å²) in [6, 6.07) is 5.82. The summed E-state index contributed by atoms with van der Waals surface area (Å²) in [7, 11) is 0. The molecule has 1 heterocycles. The molecular weight excluding hydrogens is 352 g/mol. The van der Waals surface area contributed by atoms with Crippen molar-refractivity contribution in [1.29, 1.82) is 0 Å². The lowest BCUT2D eigenvalue weighted by Crippen LogP contribution is -2.47. The molecule has 0 fully saturated rings. The van der Waals surface area contributed by atoms with Crippen LogP contribution in [-0.4, -0.2) is 35.1 Å². The van der Waals surface area contributed by atoms with Crippen LogP contribution in [0.15, 0.2) is 58.6 Å². The van der Waals surface area contributed by atoms with Crippen molar-refractivity contribution < 1.29 is 9.59 Å². The summed E-state index contributed by atoms with van der Waals surface area (Å²) in [4.78, 5) is 34.6. The molecule has 1 aromatic carbocycles. The number of aliphatic imine (C=N–C) groups is 2. The normalized spacial score (nSPS) is 20.2. The van der Waals surface area contributed by atoms with Gasteiger partial charge in [0.1, 0.15) is 5.84 Å². The molecule has 26 heavy (non-hydrogen) atoms. The van der Waals surface area contributed by atoms with Crippen molar-refractivity contribution >= 4 is 40.9 Å². The number of unbranched alkanes of at least 4 members (excludes halogenated alkanes) is 1. The highest BCUT2D eigenvalue weighted by Gasteiger charge is 2.34. The first-order valence-electron chi connectivity index (χ1n) is 8.48. The predicted molar refractivity (Wildman–Crippen MR) is 104 cm³/mol. The van der Waals surface area contributed by atoms with Crippen molar-refractivity contribution in [2.75, 3.05) is 11.9 Å². The fraction of sp³-hybridized carbons (Fsp3) is 0.263. The Labute approximate surface area is 157 Å². The number of halogens is 1. The van der Waals surface area contributed by atoms with Gasteiger partial charge >= 0.3 is 12.1 Å². The van der Waals surface area contributed by atoms with Gasteiger partial charge < -0.3 is 5.32 Å². The van der Waals surface area contributed by atoms with Gasteiger partial charge in [-0.1, -0.05) is 43.2 Å². The van der Waals surface area contributed by atoms with Gasteiger partial charge in [-0.05, 0) is 36.8 Å². The summed E-state index contributed by atoms with van der Waals surface area (Å²) in [6.07, 6.45) is 9.07. The number of allylic oxidation sites excluding steroid dienone is 3. The van der Waals surface area contributed by atoms with E-state index in [0.717, 1.165) is 12.8 Å². The molecular formula is C19H19ClN4O2. The number of carbonyl (C=O) groups excluding carboxylic acids is 2. The Bertz CT molecular complexity index is 824. The zero-order valence-electron chi connectivity index (χ0n) is 14.4. The maximum absolute atomic E-state index is 12.4. The fourth-order valence-corrected chi connectivity index (χ4v) is 2.86. The number of anilines is 1. The molecule has 0 radical (unpaired) electrons. The highest BCUT2D eigenvalue weighted by molar-refractivity contribution is 6.30. The van der Waals surface area contributed by atoms with Gasteiger partial charge in [0.15, 0.2) is 0 Å². The number of nitrogens with one attached hydrogen (secondary N) is 1. The van der Waals surface area contributed by atoms with Crippen LogP contribution in [0.1, 0.15) is 19.8 Å². The number of carbonyl (C=O) groups is 2. The standard InChI is InChI=1S/C19H19ClN4O2/c1-2-3-12-24-17(15-6-4-5-7-16(15)22-19(24)26)23-18(25)21-14-10-8-13(20)9-11-14/h4-11,15H,2-3,12H2,1H3,(H,21,25)/b23-17-. The first-order chi connectivity index (χ1) is 12.6. The summed E-state index contributed by atoms with van der Waals surface area (Å²) < 4.78 is 0. The van der Waals surface area contributed by atoms with Crippen LogP contribution < -0.4 is 5.32 Å². The largest absolute Gasteiger partial charge is 0.349 e. The predicted octanol–water partition coefficient (Wildman–Crippen LogP) is 4.69. The summed E-state index contributed by atoms with van der Waals surface area (Å²) in [6.45, 7) is 2.52. The Morgan fingerprint density at radius 3 is 2.81 bits per heavy atom. The molecule has 6 nitrogen and oxygen atoms in total. The fourth-order valence-electron chi connectivity index (χ4n) is 2.74. The minimum Gasteiger partial charge on any atom is -0.306 e. The third-order valence-electron chi connectivity index (χ3n) is 4.06. The average Bonchev–Trinajstić information content (AvgIpc) is 2.63. The molecule has 4 amide bonds. The second-order valence-corrected chi connectivity index (χ2v) is 6.39. The molecule has 1 atom stereocenters. The van der Waals surface area contributed by atoms with E-state index in [0.29, 0.717) is 28.8 Å².